The zero-order valence-corrected chi connectivity index (χ0v) is 15.4. The van der Waals surface area contributed by atoms with Crippen molar-refractivity contribution in [1.29, 1.82) is 0 Å². The van der Waals surface area contributed by atoms with E-state index >= 15 is 0 Å². The van der Waals surface area contributed by atoms with Gasteiger partial charge in [-0.15, -0.1) is 0 Å². The summed E-state index contributed by atoms with van der Waals surface area (Å²) in [6.45, 7) is 6.06. The Morgan fingerprint density at radius 1 is 1.27 bits per heavy atom. The summed E-state index contributed by atoms with van der Waals surface area (Å²) in [4.78, 5) is 11.7. The van der Waals surface area contributed by atoms with Crippen molar-refractivity contribution in [3.8, 4) is 0 Å². The number of hydrogen-bond acceptors (Lipinski definition) is 1. The molecule has 0 aliphatic heterocycles. The summed E-state index contributed by atoms with van der Waals surface area (Å²) in [6.07, 6.45) is 4.39. The van der Waals surface area contributed by atoms with E-state index in [0.717, 1.165) is 24.5 Å². The number of benzene rings is 1. The fraction of sp³-hybridized carbons (Fsp3) is 0.476. The fourth-order valence-corrected chi connectivity index (χ4v) is 2.78. The van der Waals surface area contributed by atoms with E-state index in [9.17, 15) is 18.0 Å². The second kappa shape index (κ2) is 8.56. The number of hydrogen-bond donors (Lipinski definition) is 1. The molecule has 0 aromatic heterocycles. The van der Waals surface area contributed by atoms with Crippen molar-refractivity contribution in [3.63, 3.8) is 0 Å². The Kier molecular flexibility index (Phi) is 6.68. The molecule has 1 saturated carbocycles. The predicted octanol–water partition coefficient (Wildman–Crippen LogP) is 5.47. The molecule has 0 radical (unpaired) electrons. The van der Waals surface area contributed by atoms with Gasteiger partial charge in [0.25, 0.3) is 0 Å². The first-order valence-corrected chi connectivity index (χ1v) is 8.99. The van der Waals surface area contributed by atoms with E-state index in [1.807, 2.05) is 32.9 Å². The quantitative estimate of drug-likeness (QED) is 0.504. The van der Waals surface area contributed by atoms with E-state index in [4.69, 9.17) is 0 Å². The van der Waals surface area contributed by atoms with E-state index in [0.29, 0.717) is 11.8 Å². The summed E-state index contributed by atoms with van der Waals surface area (Å²) in [5.74, 6) is 0.827. The Morgan fingerprint density at radius 3 is 2.65 bits per heavy atom. The first-order valence-electron chi connectivity index (χ1n) is 8.99. The summed E-state index contributed by atoms with van der Waals surface area (Å²) < 4.78 is 38.3. The van der Waals surface area contributed by atoms with Crippen molar-refractivity contribution >= 4 is 5.91 Å². The van der Waals surface area contributed by atoms with Gasteiger partial charge in [-0.1, -0.05) is 50.3 Å². The summed E-state index contributed by atoms with van der Waals surface area (Å²) in [5.41, 5.74) is 0.177. The Labute approximate surface area is 153 Å². The van der Waals surface area contributed by atoms with Crippen molar-refractivity contribution in [2.75, 3.05) is 0 Å². The molecular weight excluding hydrogens is 339 g/mol. The summed E-state index contributed by atoms with van der Waals surface area (Å²) in [7, 11) is 0. The van der Waals surface area contributed by atoms with Crippen LogP contribution in [0.5, 0.6) is 0 Å². The normalized spacial score (nSPS) is 21.5. The number of rotatable bonds is 7. The molecule has 1 aliphatic carbocycles. The minimum Gasteiger partial charge on any atom is -0.350 e. The van der Waals surface area contributed by atoms with Gasteiger partial charge in [0.2, 0.25) is 5.91 Å². The van der Waals surface area contributed by atoms with Gasteiger partial charge in [-0.05, 0) is 49.1 Å². The monoisotopic (exact) mass is 365 g/mol. The van der Waals surface area contributed by atoms with Crippen LogP contribution in [0.15, 0.2) is 48.6 Å². The van der Waals surface area contributed by atoms with Crippen LogP contribution >= 0.6 is 0 Å². The minimum atomic E-state index is -4.29. The van der Waals surface area contributed by atoms with E-state index < -0.39 is 11.7 Å². The van der Waals surface area contributed by atoms with E-state index in [1.165, 1.54) is 18.2 Å². The SMILES string of the molecule is CC(C)C(C)NC(=O)C=CC=CC[C@@H]1C[C@@H]1c1cccc(C(F)(F)F)c1. The second-order valence-electron chi connectivity index (χ2n) is 7.29. The van der Waals surface area contributed by atoms with Gasteiger partial charge in [0.15, 0.2) is 0 Å². The summed E-state index contributed by atoms with van der Waals surface area (Å²) in [6, 6.07) is 5.73. The van der Waals surface area contributed by atoms with Crippen molar-refractivity contribution in [3.05, 3.63) is 59.7 Å². The zero-order chi connectivity index (χ0) is 19.3. The molecule has 1 N–H and O–H groups in total. The van der Waals surface area contributed by atoms with E-state index in [2.05, 4.69) is 5.32 Å². The molecule has 1 aliphatic rings. The molecule has 0 saturated heterocycles. The molecule has 0 heterocycles. The van der Waals surface area contributed by atoms with Gasteiger partial charge in [0, 0.05) is 12.1 Å². The lowest BCUT2D eigenvalue weighted by atomic mass is 10.0. The van der Waals surface area contributed by atoms with Crippen LogP contribution in [0.3, 0.4) is 0 Å². The third-order valence-corrected chi connectivity index (χ3v) is 4.87. The molecule has 142 valence electrons. The van der Waals surface area contributed by atoms with Crippen LogP contribution in [0, 0.1) is 11.8 Å². The van der Waals surface area contributed by atoms with E-state index in [1.54, 1.807) is 12.1 Å². The third-order valence-electron chi connectivity index (χ3n) is 4.87. The molecule has 1 unspecified atom stereocenters. The zero-order valence-electron chi connectivity index (χ0n) is 15.4. The van der Waals surface area contributed by atoms with Crippen LogP contribution in [0.25, 0.3) is 0 Å². The van der Waals surface area contributed by atoms with Gasteiger partial charge in [0.05, 0.1) is 5.56 Å². The third kappa shape index (κ3) is 6.04. The topological polar surface area (TPSA) is 29.1 Å². The number of carbonyl (C=O) groups is 1. The highest BCUT2D eigenvalue weighted by molar-refractivity contribution is 5.87. The molecule has 1 aromatic carbocycles. The molecule has 1 fully saturated rings. The van der Waals surface area contributed by atoms with Crippen molar-refractivity contribution in [2.24, 2.45) is 11.8 Å². The largest absolute Gasteiger partial charge is 0.416 e. The highest BCUT2D eigenvalue weighted by Crippen LogP contribution is 2.50. The Bertz CT molecular complexity index is 676. The number of amides is 1. The molecule has 2 nitrogen and oxygen atoms in total. The van der Waals surface area contributed by atoms with Gasteiger partial charge in [-0.2, -0.15) is 13.2 Å². The smallest absolute Gasteiger partial charge is 0.350 e. The second-order valence-corrected chi connectivity index (χ2v) is 7.29. The van der Waals surface area contributed by atoms with Gasteiger partial charge in [-0.3, -0.25) is 4.79 Å². The maximum absolute atomic E-state index is 12.8. The predicted molar refractivity (Wildman–Crippen MR) is 97.6 cm³/mol. The molecular formula is C21H26F3NO. The molecule has 5 heteroatoms. The average molecular weight is 365 g/mol. The maximum atomic E-state index is 12.8. The van der Waals surface area contributed by atoms with E-state index in [-0.39, 0.29) is 17.9 Å². The number of nitrogens with one attached hydrogen (secondary N) is 1. The van der Waals surface area contributed by atoms with Crippen LogP contribution in [-0.2, 0) is 11.0 Å². The molecule has 0 bridgehead atoms. The molecule has 0 spiro atoms. The first kappa shape index (κ1) is 20.3. The van der Waals surface area contributed by atoms with Crippen molar-refractivity contribution < 1.29 is 18.0 Å². The maximum Gasteiger partial charge on any atom is 0.416 e. The summed E-state index contributed by atoms with van der Waals surface area (Å²) in [5, 5.41) is 2.89. The lowest BCUT2D eigenvalue weighted by Gasteiger charge is -2.15. The molecule has 26 heavy (non-hydrogen) atoms. The number of halogens is 3. The molecule has 1 amide bonds. The standard InChI is InChI=1S/C21H26F3NO/c1-14(2)15(3)25-20(26)11-6-4-5-8-17-13-19(17)16-9-7-10-18(12-16)21(22,23)24/h4-7,9-12,14-15,17,19H,8,13H2,1-3H3,(H,25,26)/t15?,17-,19-/m1/s1. The van der Waals surface area contributed by atoms with Crippen LogP contribution in [0.2, 0.25) is 0 Å². The van der Waals surface area contributed by atoms with Gasteiger partial charge >= 0.3 is 6.18 Å². The molecule has 1 aromatic rings. The molecule has 2 rings (SSSR count). The average Bonchev–Trinajstić information content (AvgIpc) is 3.33. The lowest BCUT2D eigenvalue weighted by molar-refractivity contribution is -0.137. The lowest BCUT2D eigenvalue weighted by Crippen LogP contribution is -2.34. The van der Waals surface area contributed by atoms with Gasteiger partial charge < -0.3 is 5.32 Å². The Hall–Kier alpha value is -2.04. The minimum absolute atomic E-state index is 0.121. The Balaban J connectivity index is 1.78. The van der Waals surface area contributed by atoms with Gasteiger partial charge in [-0.25, -0.2) is 0 Å². The van der Waals surface area contributed by atoms with Gasteiger partial charge in [0.1, 0.15) is 0 Å². The van der Waals surface area contributed by atoms with Crippen molar-refractivity contribution in [1.82, 2.24) is 5.32 Å². The first-order chi connectivity index (χ1) is 12.2. The highest BCUT2D eigenvalue weighted by atomic mass is 19.4. The number of allylic oxidation sites excluding steroid dienone is 3. The summed E-state index contributed by atoms with van der Waals surface area (Å²) >= 11 is 0. The molecule has 3 atom stereocenters. The fourth-order valence-electron chi connectivity index (χ4n) is 2.78. The highest BCUT2D eigenvalue weighted by Gasteiger charge is 2.38. The number of carbonyl (C=O) groups excluding carboxylic acids is 1. The Morgan fingerprint density at radius 2 is 2.00 bits per heavy atom. The van der Waals surface area contributed by atoms with Crippen LogP contribution in [0.1, 0.15) is 50.7 Å². The van der Waals surface area contributed by atoms with Crippen LogP contribution in [-0.4, -0.2) is 11.9 Å². The number of alkyl halides is 3. The van der Waals surface area contributed by atoms with Crippen molar-refractivity contribution in [2.45, 2.75) is 51.7 Å². The van der Waals surface area contributed by atoms with Crippen LogP contribution in [0.4, 0.5) is 13.2 Å². The van der Waals surface area contributed by atoms with Crippen LogP contribution < -0.4 is 5.32 Å².